The lowest BCUT2D eigenvalue weighted by Gasteiger charge is -2.13. The van der Waals surface area contributed by atoms with Gasteiger partial charge in [-0.1, -0.05) is 0 Å². The number of hydrogen-bond acceptors (Lipinski definition) is 3. The molecule has 0 N–H and O–H groups in total. The SMILES string of the molecule is COc1cc(C(F)(F)F)c(C(=O)Cl)cc1C=O. The van der Waals surface area contributed by atoms with Crippen molar-refractivity contribution in [2.24, 2.45) is 0 Å². The van der Waals surface area contributed by atoms with Crippen LogP contribution in [0.4, 0.5) is 13.2 Å². The number of alkyl halides is 3. The van der Waals surface area contributed by atoms with E-state index in [1.165, 1.54) is 0 Å². The van der Waals surface area contributed by atoms with Crippen molar-refractivity contribution >= 4 is 23.1 Å². The van der Waals surface area contributed by atoms with Gasteiger partial charge in [-0.25, -0.2) is 0 Å². The minimum Gasteiger partial charge on any atom is -0.496 e. The summed E-state index contributed by atoms with van der Waals surface area (Å²) in [5.41, 5.74) is -2.19. The van der Waals surface area contributed by atoms with Crippen LogP contribution in [0.1, 0.15) is 26.3 Å². The Bertz CT molecular complexity index is 469. The Balaban J connectivity index is 3.57. The van der Waals surface area contributed by atoms with Crippen molar-refractivity contribution in [1.29, 1.82) is 0 Å². The fraction of sp³-hybridized carbons (Fsp3) is 0.200. The average Bonchev–Trinajstić information content (AvgIpc) is 2.25. The lowest BCUT2D eigenvalue weighted by atomic mass is 10.0. The maximum atomic E-state index is 12.6. The summed E-state index contributed by atoms with van der Waals surface area (Å²) in [6, 6.07) is 1.32. The zero-order chi connectivity index (χ0) is 13.2. The van der Waals surface area contributed by atoms with Crippen LogP contribution in [-0.4, -0.2) is 18.6 Å². The van der Waals surface area contributed by atoms with E-state index >= 15 is 0 Å². The highest BCUT2D eigenvalue weighted by Gasteiger charge is 2.36. The number of halogens is 4. The van der Waals surface area contributed by atoms with E-state index in [1.54, 1.807) is 0 Å². The summed E-state index contributed by atoms with van der Waals surface area (Å²) in [4.78, 5) is 21.5. The van der Waals surface area contributed by atoms with Gasteiger partial charge in [0.05, 0.1) is 18.2 Å². The average molecular weight is 267 g/mol. The van der Waals surface area contributed by atoms with Crippen LogP contribution in [0, 0.1) is 0 Å². The van der Waals surface area contributed by atoms with E-state index in [0.717, 1.165) is 13.2 Å². The Kier molecular flexibility index (Phi) is 3.77. The molecule has 7 heteroatoms. The second-order valence-corrected chi connectivity index (χ2v) is 3.37. The maximum Gasteiger partial charge on any atom is 0.417 e. The Morgan fingerprint density at radius 3 is 2.35 bits per heavy atom. The van der Waals surface area contributed by atoms with Crippen LogP contribution in [0.2, 0.25) is 0 Å². The zero-order valence-corrected chi connectivity index (χ0v) is 9.22. The summed E-state index contributed by atoms with van der Waals surface area (Å²) >= 11 is 5.04. The molecule has 0 bridgehead atoms. The van der Waals surface area contributed by atoms with Gasteiger partial charge in [0, 0.05) is 5.56 Å². The monoisotopic (exact) mass is 266 g/mol. The van der Waals surface area contributed by atoms with E-state index in [0.29, 0.717) is 6.07 Å². The molecule has 0 aliphatic rings. The number of carbonyl (C=O) groups excluding carboxylic acids is 2. The minimum absolute atomic E-state index is 0.176. The molecule has 0 radical (unpaired) electrons. The first kappa shape index (κ1) is 13.5. The molecular formula is C10H6ClF3O3. The number of methoxy groups -OCH3 is 1. The number of aldehydes is 1. The lowest BCUT2D eigenvalue weighted by molar-refractivity contribution is -0.138. The normalized spacial score (nSPS) is 11.1. The van der Waals surface area contributed by atoms with Crippen molar-refractivity contribution in [3.8, 4) is 5.75 Å². The molecule has 0 heterocycles. The molecule has 0 amide bonds. The van der Waals surface area contributed by atoms with Crippen molar-refractivity contribution in [3.63, 3.8) is 0 Å². The van der Waals surface area contributed by atoms with E-state index < -0.39 is 22.5 Å². The van der Waals surface area contributed by atoms with Crippen molar-refractivity contribution in [1.82, 2.24) is 0 Å². The number of benzene rings is 1. The van der Waals surface area contributed by atoms with Gasteiger partial charge < -0.3 is 4.74 Å². The first-order chi connectivity index (χ1) is 7.81. The molecule has 17 heavy (non-hydrogen) atoms. The molecule has 0 aromatic heterocycles. The highest BCUT2D eigenvalue weighted by Crippen LogP contribution is 2.36. The van der Waals surface area contributed by atoms with Gasteiger partial charge in [-0.2, -0.15) is 13.2 Å². The quantitative estimate of drug-likeness (QED) is 0.624. The predicted molar refractivity (Wildman–Crippen MR) is 53.6 cm³/mol. The number of carbonyl (C=O) groups is 2. The molecular weight excluding hydrogens is 261 g/mol. The third kappa shape index (κ3) is 2.76. The van der Waals surface area contributed by atoms with E-state index in [-0.39, 0.29) is 17.6 Å². The van der Waals surface area contributed by atoms with E-state index in [2.05, 4.69) is 4.74 Å². The van der Waals surface area contributed by atoms with Gasteiger partial charge in [0.25, 0.3) is 5.24 Å². The summed E-state index contributed by atoms with van der Waals surface area (Å²) in [5.74, 6) is -0.269. The van der Waals surface area contributed by atoms with Crippen LogP contribution in [-0.2, 0) is 6.18 Å². The fourth-order valence-corrected chi connectivity index (χ4v) is 1.42. The molecule has 0 aliphatic carbocycles. The minimum atomic E-state index is -4.76. The summed E-state index contributed by atoms with van der Waals surface area (Å²) in [6.07, 6.45) is -4.48. The van der Waals surface area contributed by atoms with E-state index in [4.69, 9.17) is 11.6 Å². The molecule has 0 saturated carbocycles. The van der Waals surface area contributed by atoms with Crippen LogP contribution in [0.5, 0.6) is 5.75 Å². The first-order valence-corrected chi connectivity index (χ1v) is 4.63. The molecule has 3 nitrogen and oxygen atoms in total. The molecule has 0 saturated heterocycles. The Hall–Kier alpha value is -1.56. The molecule has 0 spiro atoms. The van der Waals surface area contributed by atoms with Crippen LogP contribution in [0.15, 0.2) is 12.1 Å². The molecule has 0 fully saturated rings. The molecule has 1 aromatic rings. The fourth-order valence-electron chi connectivity index (χ4n) is 1.26. The summed E-state index contributed by atoms with van der Waals surface area (Å²) in [6.45, 7) is 0. The number of ether oxygens (including phenoxy) is 1. The summed E-state index contributed by atoms with van der Waals surface area (Å²) in [5, 5.41) is -1.29. The summed E-state index contributed by atoms with van der Waals surface area (Å²) < 4.78 is 42.4. The van der Waals surface area contributed by atoms with Gasteiger partial charge >= 0.3 is 6.18 Å². The zero-order valence-electron chi connectivity index (χ0n) is 8.47. The second-order valence-electron chi connectivity index (χ2n) is 3.03. The maximum absolute atomic E-state index is 12.6. The Morgan fingerprint density at radius 1 is 1.41 bits per heavy atom. The van der Waals surface area contributed by atoms with Crippen molar-refractivity contribution < 1.29 is 27.5 Å². The second kappa shape index (κ2) is 4.75. The van der Waals surface area contributed by atoms with Gasteiger partial charge in [0.2, 0.25) is 0 Å². The summed E-state index contributed by atoms with van der Waals surface area (Å²) in [7, 11) is 1.12. The third-order valence-electron chi connectivity index (χ3n) is 2.01. The van der Waals surface area contributed by atoms with E-state index in [1.807, 2.05) is 0 Å². The lowest BCUT2D eigenvalue weighted by Crippen LogP contribution is -2.12. The topological polar surface area (TPSA) is 43.4 Å². The standard InChI is InChI=1S/C10H6ClF3O3/c1-17-8-3-7(10(12,13)14)6(9(11)16)2-5(8)4-15/h2-4H,1H3. The Labute approximate surface area is 99.1 Å². The number of rotatable bonds is 3. The molecule has 92 valence electrons. The van der Waals surface area contributed by atoms with Gasteiger partial charge in [-0.05, 0) is 23.7 Å². The molecule has 1 aromatic carbocycles. The predicted octanol–water partition coefficient (Wildman–Crippen LogP) is 2.91. The van der Waals surface area contributed by atoms with Crippen molar-refractivity contribution in [2.75, 3.05) is 7.11 Å². The third-order valence-corrected chi connectivity index (χ3v) is 2.22. The molecule has 0 unspecified atom stereocenters. The number of hydrogen-bond donors (Lipinski definition) is 0. The van der Waals surface area contributed by atoms with Crippen LogP contribution < -0.4 is 4.74 Å². The van der Waals surface area contributed by atoms with Crippen LogP contribution >= 0.6 is 11.6 Å². The first-order valence-electron chi connectivity index (χ1n) is 4.25. The van der Waals surface area contributed by atoms with Gasteiger partial charge in [0.1, 0.15) is 5.75 Å². The largest absolute Gasteiger partial charge is 0.496 e. The van der Waals surface area contributed by atoms with Gasteiger partial charge in [0.15, 0.2) is 6.29 Å². The van der Waals surface area contributed by atoms with Gasteiger partial charge in [-0.3, -0.25) is 9.59 Å². The van der Waals surface area contributed by atoms with Crippen molar-refractivity contribution in [2.45, 2.75) is 6.18 Å². The highest BCUT2D eigenvalue weighted by atomic mass is 35.5. The molecule has 0 aliphatic heterocycles. The van der Waals surface area contributed by atoms with Crippen molar-refractivity contribution in [3.05, 3.63) is 28.8 Å². The van der Waals surface area contributed by atoms with Crippen LogP contribution in [0.25, 0.3) is 0 Å². The highest BCUT2D eigenvalue weighted by molar-refractivity contribution is 6.68. The van der Waals surface area contributed by atoms with Crippen LogP contribution in [0.3, 0.4) is 0 Å². The Morgan fingerprint density at radius 2 is 2.00 bits per heavy atom. The van der Waals surface area contributed by atoms with Gasteiger partial charge in [-0.15, -0.1) is 0 Å². The smallest absolute Gasteiger partial charge is 0.417 e. The van der Waals surface area contributed by atoms with E-state index in [9.17, 15) is 22.8 Å². The molecule has 1 rings (SSSR count). The molecule has 0 atom stereocenters.